The summed E-state index contributed by atoms with van der Waals surface area (Å²) in [5.41, 5.74) is 0.932. The lowest BCUT2D eigenvalue weighted by molar-refractivity contribution is -0.140. The summed E-state index contributed by atoms with van der Waals surface area (Å²) >= 11 is 0. The van der Waals surface area contributed by atoms with Gasteiger partial charge in [0.15, 0.2) is 0 Å². The average molecular weight is 481 g/mol. The molecule has 0 spiro atoms. The highest BCUT2D eigenvalue weighted by molar-refractivity contribution is 7.89. The van der Waals surface area contributed by atoms with E-state index in [1.807, 2.05) is 23.6 Å². The van der Waals surface area contributed by atoms with Gasteiger partial charge in [-0.3, -0.25) is 14.5 Å². The van der Waals surface area contributed by atoms with Crippen molar-refractivity contribution in [3.05, 3.63) is 29.8 Å². The summed E-state index contributed by atoms with van der Waals surface area (Å²) in [6.45, 7) is 10.1. The number of sulfonamides is 1. The van der Waals surface area contributed by atoms with E-state index in [1.54, 1.807) is 24.3 Å². The molecular weight excluding hydrogens is 444 g/mol. The van der Waals surface area contributed by atoms with Crippen LogP contribution in [0, 0.1) is 0 Å². The van der Waals surface area contributed by atoms with E-state index in [1.165, 1.54) is 4.31 Å². The van der Waals surface area contributed by atoms with Crippen LogP contribution < -0.4 is 0 Å². The van der Waals surface area contributed by atoms with Crippen LogP contribution in [0.25, 0.3) is 0 Å². The van der Waals surface area contributed by atoms with Gasteiger partial charge >= 0.3 is 0 Å². The molecule has 184 valence electrons. The molecule has 2 fully saturated rings. The zero-order valence-corrected chi connectivity index (χ0v) is 20.6. The number of morpholine rings is 1. The van der Waals surface area contributed by atoms with Crippen molar-refractivity contribution in [2.75, 3.05) is 72.1 Å². The van der Waals surface area contributed by atoms with E-state index in [4.69, 9.17) is 4.74 Å². The maximum absolute atomic E-state index is 12.7. The lowest BCUT2D eigenvalue weighted by atomic mass is 10.1. The number of aryl methyl sites for hydroxylation is 1. The highest BCUT2D eigenvalue weighted by Crippen LogP contribution is 2.17. The van der Waals surface area contributed by atoms with Crippen molar-refractivity contribution >= 4 is 21.8 Å². The number of carbonyl (C=O) groups excluding carboxylic acids is 2. The van der Waals surface area contributed by atoms with E-state index < -0.39 is 10.0 Å². The SMILES string of the molecule is CCN(CC)S(=O)(=O)c1ccc(CCC(=O)N2CCN(C(=O)CN3CCOCC3)CC2)cc1. The molecule has 2 heterocycles. The number of rotatable bonds is 9. The quantitative estimate of drug-likeness (QED) is 0.516. The van der Waals surface area contributed by atoms with Crippen molar-refractivity contribution in [1.82, 2.24) is 19.0 Å². The second-order valence-electron chi connectivity index (χ2n) is 8.38. The average Bonchev–Trinajstić information content (AvgIpc) is 2.84. The zero-order valence-electron chi connectivity index (χ0n) is 19.7. The molecule has 0 aromatic heterocycles. The van der Waals surface area contributed by atoms with Crippen molar-refractivity contribution in [1.29, 1.82) is 0 Å². The summed E-state index contributed by atoms with van der Waals surface area (Å²) in [5.74, 6) is 0.180. The van der Waals surface area contributed by atoms with Gasteiger partial charge in [0.2, 0.25) is 21.8 Å². The molecule has 1 aromatic rings. The third kappa shape index (κ3) is 6.75. The lowest BCUT2D eigenvalue weighted by Gasteiger charge is -2.36. The number of hydrogen-bond acceptors (Lipinski definition) is 6. The molecule has 1 aromatic carbocycles. The Morgan fingerprint density at radius 2 is 1.42 bits per heavy atom. The van der Waals surface area contributed by atoms with Gasteiger partial charge in [0, 0.05) is 58.8 Å². The third-order valence-electron chi connectivity index (χ3n) is 6.34. The second kappa shape index (κ2) is 11.9. The smallest absolute Gasteiger partial charge is 0.243 e. The van der Waals surface area contributed by atoms with Crippen molar-refractivity contribution in [2.24, 2.45) is 0 Å². The molecule has 2 amide bonds. The second-order valence-corrected chi connectivity index (χ2v) is 10.3. The van der Waals surface area contributed by atoms with Crippen LogP contribution in [0.4, 0.5) is 0 Å². The van der Waals surface area contributed by atoms with Crippen molar-refractivity contribution < 1.29 is 22.7 Å². The Labute approximate surface area is 197 Å². The van der Waals surface area contributed by atoms with Crippen LogP contribution in [0.3, 0.4) is 0 Å². The Balaban J connectivity index is 1.43. The monoisotopic (exact) mass is 480 g/mol. The fourth-order valence-electron chi connectivity index (χ4n) is 4.21. The molecule has 10 heteroatoms. The Morgan fingerprint density at radius 3 is 1.97 bits per heavy atom. The van der Waals surface area contributed by atoms with E-state index in [-0.39, 0.29) is 16.7 Å². The van der Waals surface area contributed by atoms with Crippen molar-refractivity contribution in [3.63, 3.8) is 0 Å². The molecule has 0 N–H and O–H groups in total. The fourth-order valence-corrected chi connectivity index (χ4v) is 5.66. The topological polar surface area (TPSA) is 90.5 Å². The molecule has 0 saturated carbocycles. The molecule has 0 atom stereocenters. The van der Waals surface area contributed by atoms with Gasteiger partial charge in [-0.05, 0) is 24.1 Å². The minimum atomic E-state index is -3.47. The number of hydrogen-bond donors (Lipinski definition) is 0. The standard InChI is InChI=1S/C23H36N4O5S/c1-3-27(4-2)33(30,31)21-8-5-20(6-9-21)7-10-22(28)25-11-13-26(14-12-25)23(29)19-24-15-17-32-18-16-24/h5-6,8-9H,3-4,7,10-19H2,1-2H3. The van der Waals surface area contributed by atoms with E-state index >= 15 is 0 Å². The molecule has 2 aliphatic rings. The number of ether oxygens (including phenoxy) is 1. The van der Waals surface area contributed by atoms with E-state index in [0.29, 0.717) is 71.9 Å². The van der Waals surface area contributed by atoms with Gasteiger partial charge in [-0.2, -0.15) is 4.31 Å². The molecule has 2 aliphatic heterocycles. The zero-order chi connectivity index (χ0) is 23.8. The molecule has 2 saturated heterocycles. The fraction of sp³-hybridized carbons (Fsp3) is 0.652. The summed E-state index contributed by atoms with van der Waals surface area (Å²) in [4.78, 5) is 31.2. The Bertz CT molecular complexity index is 888. The van der Waals surface area contributed by atoms with Gasteiger partial charge < -0.3 is 14.5 Å². The van der Waals surface area contributed by atoms with Crippen molar-refractivity contribution in [3.8, 4) is 0 Å². The summed E-state index contributed by atoms with van der Waals surface area (Å²) in [6, 6.07) is 6.80. The minimum Gasteiger partial charge on any atom is -0.379 e. The summed E-state index contributed by atoms with van der Waals surface area (Å²) in [5, 5.41) is 0. The number of nitrogens with zero attached hydrogens (tertiary/aromatic N) is 4. The number of amides is 2. The van der Waals surface area contributed by atoms with Crippen LogP contribution in [-0.4, -0.2) is 111 Å². The third-order valence-corrected chi connectivity index (χ3v) is 8.41. The van der Waals surface area contributed by atoms with Gasteiger partial charge in [-0.1, -0.05) is 26.0 Å². The normalized spacial score (nSPS) is 18.0. The van der Waals surface area contributed by atoms with Gasteiger partial charge in [0.25, 0.3) is 0 Å². The lowest BCUT2D eigenvalue weighted by Crippen LogP contribution is -2.53. The molecular formula is C23H36N4O5S. The van der Waals surface area contributed by atoms with Crippen molar-refractivity contribution in [2.45, 2.75) is 31.6 Å². The Morgan fingerprint density at radius 1 is 0.879 bits per heavy atom. The first-order valence-corrected chi connectivity index (χ1v) is 13.2. The van der Waals surface area contributed by atoms with Gasteiger partial charge in [-0.15, -0.1) is 0 Å². The van der Waals surface area contributed by atoms with Crippen LogP contribution in [0.15, 0.2) is 29.2 Å². The van der Waals surface area contributed by atoms with Crippen LogP contribution >= 0.6 is 0 Å². The molecule has 0 radical (unpaired) electrons. The minimum absolute atomic E-state index is 0.0649. The molecule has 9 nitrogen and oxygen atoms in total. The van der Waals surface area contributed by atoms with Crippen LogP contribution in [0.1, 0.15) is 25.8 Å². The summed E-state index contributed by atoms with van der Waals surface area (Å²) in [6.07, 6.45) is 0.921. The van der Waals surface area contributed by atoms with Gasteiger partial charge in [-0.25, -0.2) is 8.42 Å². The molecule has 0 aliphatic carbocycles. The Kier molecular flexibility index (Phi) is 9.25. The maximum atomic E-state index is 12.7. The predicted molar refractivity (Wildman–Crippen MR) is 125 cm³/mol. The summed E-state index contributed by atoms with van der Waals surface area (Å²) < 4.78 is 31.9. The van der Waals surface area contributed by atoms with E-state index in [0.717, 1.165) is 18.7 Å². The van der Waals surface area contributed by atoms with Crippen LogP contribution in [0.5, 0.6) is 0 Å². The number of piperazine rings is 1. The molecule has 33 heavy (non-hydrogen) atoms. The van der Waals surface area contributed by atoms with Crippen LogP contribution in [-0.2, 0) is 30.8 Å². The first kappa shape index (κ1) is 25.6. The first-order valence-electron chi connectivity index (χ1n) is 11.8. The highest BCUT2D eigenvalue weighted by atomic mass is 32.2. The molecule has 0 unspecified atom stereocenters. The van der Waals surface area contributed by atoms with E-state index in [9.17, 15) is 18.0 Å². The van der Waals surface area contributed by atoms with Crippen LogP contribution in [0.2, 0.25) is 0 Å². The van der Waals surface area contributed by atoms with Gasteiger partial charge in [0.1, 0.15) is 0 Å². The highest BCUT2D eigenvalue weighted by Gasteiger charge is 2.26. The Hall–Kier alpha value is -2.01. The largest absolute Gasteiger partial charge is 0.379 e. The molecule has 0 bridgehead atoms. The summed E-state index contributed by atoms with van der Waals surface area (Å²) in [7, 11) is -3.47. The maximum Gasteiger partial charge on any atom is 0.243 e. The predicted octanol–water partition coefficient (Wildman–Crippen LogP) is 0.653. The number of benzene rings is 1. The van der Waals surface area contributed by atoms with E-state index in [2.05, 4.69) is 4.90 Å². The first-order chi connectivity index (χ1) is 15.8. The number of carbonyl (C=O) groups is 2. The molecule has 3 rings (SSSR count). The van der Waals surface area contributed by atoms with Gasteiger partial charge in [0.05, 0.1) is 24.7 Å².